The fraction of sp³-hybridized carbons (Fsp3) is 0.212. The minimum Gasteiger partial charge on any atom is -0.325 e. The van der Waals surface area contributed by atoms with E-state index in [2.05, 4.69) is 23.8 Å². The number of aromatic nitrogens is 3. The Labute approximate surface area is 239 Å². The second-order valence-electron chi connectivity index (χ2n) is 9.59. The van der Waals surface area contributed by atoms with Gasteiger partial charge in [-0.15, -0.1) is 0 Å². The molecule has 0 fully saturated rings. The van der Waals surface area contributed by atoms with Crippen molar-refractivity contribution >= 4 is 23.4 Å². The Kier molecular flexibility index (Phi) is 10.3. The van der Waals surface area contributed by atoms with E-state index in [4.69, 9.17) is 0 Å². The third-order valence-electron chi connectivity index (χ3n) is 6.47. The van der Waals surface area contributed by atoms with Gasteiger partial charge in [-0.3, -0.25) is 4.57 Å². The van der Waals surface area contributed by atoms with E-state index in [1.165, 1.54) is 22.8 Å². The number of hydrogen-bond donors (Lipinski definition) is 1. The lowest BCUT2D eigenvalue weighted by molar-refractivity contribution is 0.620. The number of nitrogens with one attached hydrogen (secondary N) is 1. The maximum absolute atomic E-state index is 14.0. The van der Waals surface area contributed by atoms with Crippen molar-refractivity contribution in [3.63, 3.8) is 0 Å². The van der Waals surface area contributed by atoms with E-state index in [1.807, 2.05) is 63.3 Å². The van der Waals surface area contributed by atoms with Gasteiger partial charge in [0.1, 0.15) is 11.9 Å². The summed E-state index contributed by atoms with van der Waals surface area (Å²) in [5.74, 6) is -0.642. The molecule has 0 radical (unpaired) electrons. The molecule has 0 aliphatic rings. The van der Waals surface area contributed by atoms with Crippen molar-refractivity contribution in [1.82, 2.24) is 14.1 Å². The molecule has 0 saturated carbocycles. The minimum absolute atomic E-state index is 0.0134. The normalized spacial score (nSPS) is 12.5. The van der Waals surface area contributed by atoms with Crippen molar-refractivity contribution < 1.29 is 4.39 Å². The van der Waals surface area contributed by atoms with Crippen LogP contribution < -0.4 is 16.7 Å². The summed E-state index contributed by atoms with van der Waals surface area (Å²) in [5, 5.41) is 12.4. The van der Waals surface area contributed by atoms with Gasteiger partial charge >= 0.3 is 11.4 Å². The zero-order valence-corrected chi connectivity index (χ0v) is 24.0. The highest BCUT2D eigenvalue weighted by Gasteiger charge is 2.17. The maximum atomic E-state index is 14.0. The minimum atomic E-state index is -0.752. The molecule has 1 aromatic heterocycles. The average molecular weight is 552 g/mol. The topological polar surface area (TPSA) is 92.7 Å². The Balaban J connectivity index is 2.23. The molecule has 8 heteroatoms. The number of allylic oxidation sites excluding steroid dienone is 8. The van der Waals surface area contributed by atoms with Crippen molar-refractivity contribution in [2.45, 2.75) is 47.6 Å². The highest BCUT2D eigenvalue weighted by molar-refractivity contribution is 5.64. The summed E-state index contributed by atoms with van der Waals surface area (Å²) in [5.41, 5.74) is 3.91. The molecule has 2 aromatic carbocycles. The van der Waals surface area contributed by atoms with E-state index >= 15 is 0 Å². The van der Waals surface area contributed by atoms with Gasteiger partial charge in [0, 0.05) is 5.69 Å². The first kappa shape index (κ1) is 30.5. The second-order valence-corrected chi connectivity index (χ2v) is 9.59. The van der Waals surface area contributed by atoms with E-state index in [-0.39, 0.29) is 18.1 Å². The van der Waals surface area contributed by atoms with Crippen LogP contribution in [0.4, 0.5) is 16.0 Å². The van der Waals surface area contributed by atoms with Crippen molar-refractivity contribution in [1.29, 1.82) is 5.26 Å². The first-order valence-corrected chi connectivity index (χ1v) is 13.2. The molecule has 0 unspecified atom stereocenters. The average Bonchev–Trinajstić information content (AvgIpc) is 2.95. The number of aryl methyl sites for hydroxylation is 1. The number of hydrogen-bond acceptors (Lipinski definition) is 5. The number of benzene rings is 2. The molecule has 1 N–H and O–H groups in total. The molecule has 210 valence electrons. The quantitative estimate of drug-likeness (QED) is 0.277. The number of nitrogens with zero attached hydrogens (tertiary/aromatic N) is 4. The van der Waals surface area contributed by atoms with Gasteiger partial charge < -0.3 is 5.32 Å². The van der Waals surface area contributed by atoms with Crippen LogP contribution in [0.5, 0.6) is 0 Å². The van der Waals surface area contributed by atoms with Crippen molar-refractivity contribution in [2.75, 3.05) is 5.32 Å². The third-order valence-corrected chi connectivity index (χ3v) is 6.47. The number of nitriles is 1. The molecule has 0 spiro atoms. The van der Waals surface area contributed by atoms with Crippen LogP contribution in [0.25, 0.3) is 11.8 Å². The maximum Gasteiger partial charge on any atom is 0.359 e. The summed E-state index contributed by atoms with van der Waals surface area (Å²) in [4.78, 5) is 31.5. The van der Waals surface area contributed by atoms with Crippen LogP contribution in [0, 0.1) is 24.1 Å². The number of anilines is 2. The van der Waals surface area contributed by atoms with Gasteiger partial charge in [-0.1, -0.05) is 61.6 Å². The zero-order chi connectivity index (χ0) is 30.1. The molecule has 3 rings (SSSR count). The van der Waals surface area contributed by atoms with Crippen molar-refractivity contribution in [2.24, 2.45) is 0 Å². The van der Waals surface area contributed by atoms with Crippen LogP contribution in [0.1, 0.15) is 56.4 Å². The fourth-order valence-electron chi connectivity index (χ4n) is 4.13. The highest BCUT2D eigenvalue weighted by atomic mass is 19.1. The van der Waals surface area contributed by atoms with Gasteiger partial charge in [0.2, 0.25) is 5.95 Å². The fourth-order valence-corrected chi connectivity index (χ4v) is 4.13. The second kappa shape index (κ2) is 13.9. The molecule has 41 heavy (non-hydrogen) atoms. The summed E-state index contributed by atoms with van der Waals surface area (Å²) in [6, 6.07) is 11.5. The smallest absolute Gasteiger partial charge is 0.325 e. The van der Waals surface area contributed by atoms with Gasteiger partial charge in [-0.2, -0.15) is 10.2 Å². The molecule has 7 nitrogen and oxygen atoms in total. The van der Waals surface area contributed by atoms with E-state index < -0.39 is 17.2 Å². The lowest BCUT2D eigenvalue weighted by Gasteiger charge is -2.17. The number of rotatable bonds is 10. The molecule has 0 amide bonds. The summed E-state index contributed by atoms with van der Waals surface area (Å²) in [7, 11) is 0. The van der Waals surface area contributed by atoms with Crippen LogP contribution in [-0.4, -0.2) is 14.1 Å². The first-order chi connectivity index (χ1) is 19.6. The van der Waals surface area contributed by atoms with E-state index in [0.29, 0.717) is 16.9 Å². The Morgan fingerprint density at radius 3 is 2.59 bits per heavy atom. The van der Waals surface area contributed by atoms with Gasteiger partial charge in [0.05, 0.1) is 17.8 Å². The van der Waals surface area contributed by atoms with Crippen LogP contribution in [0.3, 0.4) is 0 Å². The Morgan fingerprint density at radius 1 is 1.17 bits per heavy atom. The lowest BCUT2D eigenvalue weighted by Crippen LogP contribution is -2.42. The van der Waals surface area contributed by atoms with Crippen LogP contribution in [-0.2, 0) is 6.54 Å². The Morgan fingerprint density at radius 2 is 1.93 bits per heavy atom. The van der Waals surface area contributed by atoms with Crippen molar-refractivity contribution in [3.8, 4) is 6.07 Å². The predicted molar refractivity (Wildman–Crippen MR) is 164 cm³/mol. The largest absolute Gasteiger partial charge is 0.359 e. The zero-order valence-electron chi connectivity index (χ0n) is 24.0. The van der Waals surface area contributed by atoms with Gasteiger partial charge in [0.25, 0.3) is 0 Å². The van der Waals surface area contributed by atoms with Crippen LogP contribution >= 0.6 is 0 Å². The molecule has 1 heterocycles. The standard InChI is InChI=1S/C33H34FN5O2/c1-7-10-11-26-19-28(14-12-24(26)6)36-31-37-32(40)39(29(9-3)17-23(5)16-22(4)8-2)33(41)38(31)21-25-13-15-30(34)27(18-25)20-35/h7,9-19H,1,8,21H2,2-6H3,(H,36,37,40)/b11-10-,22-16+,23-17-,29-9+. The van der Waals surface area contributed by atoms with Crippen molar-refractivity contribution in [3.05, 3.63) is 134 Å². The summed E-state index contributed by atoms with van der Waals surface area (Å²) >= 11 is 0. The summed E-state index contributed by atoms with van der Waals surface area (Å²) in [6.07, 6.45) is 11.7. The van der Waals surface area contributed by atoms with Crippen LogP contribution in [0.2, 0.25) is 0 Å². The lowest BCUT2D eigenvalue weighted by atomic mass is 10.1. The molecule has 3 aromatic rings. The molecular weight excluding hydrogens is 517 g/mol. The van der Waals surface area contributed by atoms with E-state index in [0.717, 1.165) is 33.3 Å². The highest BCUT2D eigenvalue weighted by Crippen LogP contribution is 2.21. The molecular formula is C33H34FN5O2. The van der Waals surface area contributed by atoms with Gasteiger partial charge in [-0.25, -0.2) is 18.5 Å². The summed E-state index contributed by atoms with van der Waals surface area (Å²) < 4.78 is 16.3. The monoisotopic (exact) mass is 551 g/mol. The Bertz CT molecular complexity index is 1750. The predicted octanol–water partition coefficient (Wildman–Crippen LogP) is 6.88. The van der Waals surface area contributed by atoms with Gasteiger partial charge in [-0.05, 0) is 86.7 Å². The van der Waals surface area contributed by atoms with Crippen LogP contribution in [0.15, 0.2) is 94.1 Å². The Hall–Kier alpha value is -5.03. The van der Waals surface area contributed by atoms with E-state index in [9.17, 15) is 19.2 Å². The third kappa shape index (κ3) is 7.55. The number of halogens is 1. The SMILES string of the molecule is C=C/C=C\c1cc(Nc2nc(=O)n(C(/C=C(C)\C=C(/C)CC)=C/C)c(=O)n2Cc2ccc(F)c(C#N)c2)ccc1C. The first-order valence-electron chi connectivity index (χ1n) is 13.2. The van der Waals surface area contributed by atoms with Gasteiger partial charge in [0.15, 0.2) is 0 Å². The van der Waals surface area contributed by atoms with E-state index in [1.54, 1.807) is 25.2 Å². The molecule has 0 aliphatic carbocycles. The molecule has 0 saturated heterocycles. The summed E-state index contributed by atoms with van der Waals surface area (Å²) in [6.45, 7) is 13.3. The molecule has 0 atom stereocenters. The molecule has 0 aliphatic heterocycles. The molecule has 0 bridgehead atoms.